The minimum absolute atomic E-state index is 0.583. The van der Waals surface area contributed by atoms with Gasteiger partial charge in [-0.1, -0.05) is 35.5 Å². The van der Waals surface area contributed by atoms with Crippen LogP contribution in [0, 0.1) is 0 Å². The molecule has 3 rings (SSSR count). The molecule has 5 nitrogen and oxygen atoms in total. The van der Waals surface area contributed by atoms with Crippen LogP contribution < -0.4 is 5.73 Å². The highest BCUT2D eigenvalue weighted by atomic mass is 15.4. The summed E-state index contributed by atoms with van der Waals surface area (Å²) < 4.78 is 1.76. The Balaban J connectivity index is 1.80. The van der Waals surface area contributed by atoms with Gasteiger partial charge in [0.2, 0.25) is 0 Å². The lowest BCUT2D eigenvalue weighted by Crippen LogP contribution is -2.02. The Bertz CT molecular complexity index is 658. The number of rotatable bonds is 3. The fourth-order valence-corrected chi connectivity index (χ4v) is 1.81. The van der Waals surface area contributed by atoms with Crippen molar-refractivity contribution in [2.75, 3.05) is 5.73 Å². The van der Waals surface area contributed by atoms with Crippen LogP contribution in [0.25, 0.3) is 11.3 Å². The minimum atomic E-state index is 0.583. The molecule has 0 aliphatic carbocycles. The van der Waals surface area contributed by atoms with Crippen molar-refractivity contribution in [2.24, 2.45) is 0 Å². The van der Waals surface area contributed by atoms with Crippen molar-refractivity contribution in [3.8, 4) is 11.3 Å². The second-order valence-electron chi connectivity index (χ2n) is 4.25. The van der Waals surface area contributed by atoms with Crippen molar-refractivity contribution < 1.29 is 0 Å². The van der Waals surface area contributed by atoms with Gasteiger partial charge in [0.15, 0.2) is 0 Å². The molecule has 0 spiro atoms. The second kappa shape index (κ2) is 4.89. The second-order valence-corrected chi connectivity index (χ2v) is 4.25. The van der Waals surface area contributed by atoms with E-state index in [0.29, 0.717) is 12.2 Å². The molecule has 0 aliphatic heterocycles. The molecule has 0 atom stereocenters. The molecule has 0 radical (unpaired) electrons. The van der Waals surface area contributed by atoms with E-state index in [0.717, 1.165) is 17.0 Å². The van der Waals surface area contributed by atoms with Crippen molar-refractivity contribution in [3.05, 3.63) is 60.6 Å². The smallest absolute Gasteiger partial charge is 0.113 e. The highest BCUT2D eigenvalue weighted by molar-refractivity contribution is 5.57. The number of aromatic nitrogens is 4. The van der Waals surface area contributed by atoms with E-state index < -0.39 is 0 Å². The molecule has 0 fully saturated rings. The van der Waals surface area contributed by atoms with Crippen LogP contribution >= 0.6 is 0 Å². The van der Waals surface area contributed by atoms with Gasteiger partial charge in [0.25, 0.3) is 0 Å². The largest absolute Gasteiger partial charge is 0.397 e. The summed E-state index contributed by atoms with van der Waals surface area (Å²) in [5.41, 5.74) is 9.08. The number of pyridine rings is 1. The molecule has 0 saturated heterocycles. The first-order valence-electron chi connectivity index (χ1n) is 5.97. The first-order chi connectivity index (χ1) is 9.31. The Labute approximate surface area is 110 Å². The molecule has 0 amide bonds. The van der Waals surface area contributed by atoms with Crippen LogP contribution in [0.5, 0.6) is 0 Å². The molecular formula is C14H13N5. The van der Waals surface area contributed by atoms with E-state index in [-0.39, 0.29) is 0 Å². The van der Waals surface area contributed by atoms with E-state index in [1.54, 1.807) is 10.9 Å². The Morgan fingerprint density at radius 3 is 2.63 bits per heavy atom. The summed E-state index contributed by atoms with van der Waals surface area (Å²) in [7, 11) is 0. The Hall–Kier alpha value is -2.69. The van der Waals surface area contributed by atoms with Crippen LogP contribution in [0.1, 0.15) is 5.69 Å². The number of nitrogens with two attached hydrogens (primary N) is 1. The third-order valence-electron chi connectivity index (χ3n) is 2.78. The average Bonchev–Trinajstić information content (AvgIpc) is 2.91. The zero-order valence-corrected chi connectivity index (χ0v) is 10.3. The summed E-state index contributed by atoms with van der Waals surface area (Å²) >= 11 is 0. The van der Waals surface area contributed by atoms with Gasteiger partial charge in [-0.05, 0) is 12.1 Å². The van der Waals surface area contributed by atoms with Crippen molar-refractivity contribution in [2.45, 2.75) is 6.54 Å². The minimum Gasteiger partial charge on any atom is -0.397 e. The van der Waals surface area contributed by atoms with E-state index in [1.807, 2.05) is 48.7 Å². The van der Waals surface area contributed by atoms with Gasteiger partial charge in [-0.2, -0.15) is 0 Å². The highest BCUT2D eigenvalue weighted by Gasteiger charge is 2.04. The summed E-state index contributed by atoms with van der Waals surface area (Å²) in [6, 6.07) is 13.7. The van der Waals surface area contributed by atoms with Gasteiger partial charge in [0.1, 0.15) is 5.69 Å². The number of nitrogen functional groups attached to an aromatic ring is 1. The lowest BCUT2D eigenvalue weighted by molar-refractivity contribution is 0.639. The fraction of sp³-hybridized carbons (Fsp3) is 0.0714. The summed E-state index contributed by atoms with van der Waals surface area (Å²) in [6.45, 7) is 0.583. The quantitative estimate of drug-likeness (QED) is 0.772. The molecular weight excluding hydrogens is 238 g/mol. The monoisotopic (exact) mass is 251 g/mol. The fourth-order valence-electron chi connectivity index (χ4n) is 1.81. The summed E-state index contributed by atoms with van der Waals surface area (Å²) in [5, 5.41) is 8.27. The zero-order chi connectivity index (χ0) is 13.1. The van der Waals surface area contributed by atoms with E-state index in [4.69, 9.17) is 5.73 Å². The third-order valence-corrected chi connectivity index (χ3v) is 2.78. The van der Waals surface area contributed by atoms with Crippen LogP contribution in [-0.2, 0) is 6.54 Å². The Morgan fingerprint density at radius 1 is 1.05 bits per heavy atom. The molecule has 3 aromatic rings. The molecule has 2 N–H and O–H groups in total. The SMILES string of the molecule is Nc1ccc(Cn2cc(-c3ccccc3)nn2)nc1. The molecule has 2 aromatic heterocycles. The van der Waals surface area contributed by atoms with Crippen LogP contribution in [-0.4, -0.2) is 20.0 Å². The van der Waals surface area contributed by atoms with Crippen molar-refractivity contribution in [1.29, 1.82) is 0 Å². The van der Waals surface area contributed by atoms with Crippen molar-refractivity contribution in [1.82, 2.24) is 20.0 Å². The number of anilines is 1. The van der Waals surface area contributed by atoms with Gasteiger partial charge in [-0.15, -0.1) is 5.10 Å². The zero-order valence-electron chi connectivity index (χ0n) is 10.3. The maximum Gasteiger partial charge on any atom is 0.113 e. The van der Waals surface area contributed by atoms with Crippen LogP contribution in [0.4, 0.5) is 5.69 Å². The molecule has 2 heterocycles. The standard InChI is InChI=1S/C14H13N5/c15-12-6-7-13(16-8-12)9-19-10-14(17-18-19)11-4-2-1-3-5-11/h1-8,10H,9,15H2. The maximum atomic E-state index is 5.60. The molecule has 5 heteroatoms. The normalized spacial score (nSPS) is 10.5. The van der Waals surface area contributed by atoms with Gasteiger partial charge >= 0.3 is 0 Å². The first-order valence-corrected chi connectivity index (χ1v) is 5.97. The summed E-state index contributed by atoms with van der Waals surface area (Å²) in [5.74, 6) is 0. The first kappa shape index (κ1) is 11.4. The van der Waals surface area contributed by atoms with E-state index in [9.17, 15) is 0 Å². The molecule has 19 heavy (non-hydrogen) atoms. The number of hydrogen-bond acceptors (Lipinski definition) is 4. The number of benzene rings is 1. The van der Waals surface area contributed by atoms with Crippen molar-refractivity contribution in [3.63, 3.8) is 0 Å². The van der Waals surface area contributed by atoms with E-state index in [1.165, 1.54) is 0 Å². The van der Waals surface area contributed by atoms with Gasteiger partial charge in [-0.3, -0.25) is 4.98 Å². The van der Waals surface area contributed by atoms with Crippen molar-refractivity contribution >= 4 is 5.69 Å². The lowest BCUT2D eigenvalue weighted by atomic mass is 10.2. The molecule has 0 bridgehead atoms. The van der Waals surface area contributed by atoms with Crippen LogP contribution in [0.2, 0.25) is 0 Å². The average molecular weight is 251 g/mol. The van der Waals surface area contributed by atoms with Gasteiger partial charge in [-0.25, -0.2) is 4.68 Å². The number of hydrogen-bond donors (Lipinski definition) is 1. The Morgan fingerprint density at radius 2 is 1.89 bits per heavy atom. The number of nitrogens with zero attached hydrogens (tertiary/aromatic N) is 4. The van der Waals surface area contributed by atoms with Crippen LogP contribution in [0.3, 0.4) is 0 Å². The highest BCUT2D eigenvalue weighted by Crippen LogP contribution is 2.15. The molecule has 0 aliphatic rings. The lowest BCUT2D eigenvalue weighted by Gasteiger charge is -2.00. The topological polar surface area (TPSA) is 69.6 Å². The molecule has 0 saturated carbocycles. The predicted molar refractivity (Wildman–Crippen MR) is 73.2 cm³/mol. The third kappa shape index (κ3) is 2.60. The molecule has 0 unspecified atom stereocenters. The Kier molecular flexibility index (Phi) is 2.94. The van der Waals surface area contributed by atoms with Crippen LogP contribution in [0.15, 0.2) is 54.9 Å². The summed E-state index contributed by atoms with van der Waals surface area (Å²) in [4.78, 5) is 4.24. The molecule has 94 valence electrons. The van der Waals surface area contributed by atoms with Gasteiger partial charge in [0.05, 0.1) is 30.3 Å². The van der Waals surface area contributed by atoms with E-state index >= 15 is 0 Å². The predicted octanol–water partition coefficient (Wildman–Crippen LogP) is 1.97. The van der Waals surface area contributed by atoms with Gasteiger partial charge in [0, 0.05) is 5.56 Å². The van der Waals surface area contributed by atoms with E-state index in [2.05, 4.69) is 15.3 Å². The summed E-state index contributed by atoms with van der Waals surface area (Å²) in [6.07, 6.45) is 3.55. The van der Waals surface area contributed by atoms with Gasteiger partial charge < -0.3 is 5.73 Å². The maximum absolute atomic E-state index is 5.60. The molecule has 1 aromatic carbocycles.